The summed E-state index contributed by atoms with van der Waals surface area (Å²) in [6.07, 6.45) is 3.00. The fourth-order valence-electron chi connectivity index (χ4n) is 1.27. The van der Waals surface area contributed by atoms with Crippen molar-refractivity contribution in [1.82, 2.24) is 0 Å². The van der Waals surface area contributed by atoms with Crippen molar-refractivity contribution in [2.45, 2.75) is 13.3 Å². The molecule has 0 fully saturated rings. The summed E-state index contributed by atoms with van der Waals surface area (Å²) < 4.78 is 0. The monoisotopic (exact) mass is 218 g/mol. The first-order chi connectivity index (χ1) is 7.59. The molecule has 0 spiro atoms. The largest absolute Gasteiger partial charge is 0.481 e. The highest BCUT2D eigenvalue weighted by atomic mass is 16.4. The SMILES string of the molecule is CC(CC(=O)O)C(=O)/C=C/c1ccccc1. The lowest BCUT2D eigenvalue weighted by atomic mass is 10.0. The van der Waals surface area contributed by atoms with Crippen molar-refractivity contribution in [2.24, 2.45) is 5.92 Å². The molecule has 3 heteroatoms. The number of rotatable bonds is 5. The van der Waals surface area contributed by atoms with Gasteiger partial charge in [0.1, 0.15) is 0 Å². The first-order valence-electron chi connectivity index (χ1n) is 5.08. The van der Waals surface area contributed by atoms with Gasteiger partial charge in [-0.15, -0.1) is 0 Å². The van der Waals surface area contributed by atoms with E-state index in [-0.39, 0.29) is 12.2 Å². The van der Waals surface area contributed by atoms with E-state index in [0.717, 1.165) is 5.56 Å². The van der Waals surface area contributed by atoms with E-state index >= 15 is 0 Å². The van der Waals surface area contributed by atoms with Gasteiger partial charge in [0, 0.05) is 5.92 Å². The van der Waals surface area contributed by atoms with Gasteiger partial charge in [-0.1, -0.05) is 43.3 Å². The minimum atomic E-state index is -0.950. The van der Waals surface area contributed by atoms with Crippen LogP contribution in [-0.2, 0) is 9.59 Å². The van der Waals surface area contributed by atoms with Gasteiger partial charge in [0.05, 0.1) is 6.42 Å². The second-order valence-electron chi connectivity index (χ2n) is 3.65. The van der Waals surface area contributed by atoms with Crippen LogP contribution in [0.1, 0.15) is 18.9 Å². The Bertz CT molecular complexity index is 393. The molecule has 84 valence electrons. The maximum atomic E-state index is 11.5. The number of carboxylic acids is 1. The Hall–Kier alpha value is -1.90. The summed E-state index contributed by atoms with van der Waals surface area (Å²) in [4.78, 5) is 21.9. The van der Waals surface area contributed by atoms with Crippen LogP contribution in [0.15, 0.2) is 36.4 Å². The van der Waals surface area contributed by atoms with E-state index in [1.807, 2.05) is 30.3 Å². The van der Waals surface area contributed by atoms with E-state index in [1.54, 1.807) is 13.0 Å². The Labute approximate surface area is 94.4 Å². The molecule has 3 nitrogen and oxygen atoms in total. The number of carbonyl (C=O) groups excluding carboxylic acids is 1. The maximum Gasteiger partial charge on any atom is 0.304 e. The molecule has 0 aliphatic heterocycles. The summed E-state index contributed by atoms with van der Waals surface area (Å²) in [6.45, 7) is 1.62. The molecule has 1 aromatic carbocycles. The summed E-state index contributed by atoms with van der Waals surface area (Å²) in [7, 11) is 0. The van der Waals surface area contributed by atoms with Crippen LogP contribution in [0.25, 0.3) is 6.08 Å². The van der Waals surface area contributed by atoms with Gasteiger partial charge >= 0.3 is 5.97 Å². The van der Waals surface area contributed by atoms with Gasteiger partial charge in [0.25, 0.3) is 0 Å². The van der Waals surface area contributed by atoms with Crippen molar-refractivity contribution in [1.29, 1.82) is 0 Å². The molecule has 0 heterocycles. The van der Waals surface area contributed by atoms with Gasteiger partial charge in [0.2, 0.25) is 0 Å². The average Bonchev–Trinajstić information content (AvgIpc) is 2.26. The molecule has 0 saturated heterocycles. The van der Waals surface area contributed by atoms with Crippen LogP contribution < -0.4 is 0 Å². The minimum absolute atomic E-state index is 0.127. The molecular formula is C13H14O3. The lowest BCUT2D eigenvalue weighted by molar-refractivity contribution is -0.139. The Morgan fingerprint density at radius 3 is 2.50 bits per heavy atom. The first kappa shape index (κ1) is 12.2. The van der Waals surface area contributed by atoms with Crippen LogP contribution in [-0.4, -0.2) is 16.9 Å². The molecule has 1 atom stereocenters. The molecule has 0 radical (unpaired) electrons. The third-order valence-electron chi connectivity index (χ3n) is 2.21. The maximum absolute atomic E-state index is 11.5. The molecular weight excluding hydrogens is 204 g/mol. The molecule has 0 saturated carbocycles. The number of benzene rings is 1. The van der Waals surface area contributed by atoms with Crippen LogP contribution in [0.4, 0.5) is 0 Å². The Morgan fingerprint density at radius 1 is 1.31 bits per heavy atom. The number of hydrogen-bond donors (Lipinski definition) is 1. The van der Waals surface area contributed by atoms with Gasteiger partial charge in [-0.2, -0.15) is 0 Å². The van der Waals surface area contributed by atoms with Crippen molar-refractivity contribution in [3.05, 3.63) is 42.0 Å². The van der Waals surface area contributed by atoms with Gasteiger partial charge < -0.3 is 5.11 Å². The minimum Gasteiger partial charge on any atom is -0.481 e. The van der Waals surface area contributed by atoms with E-state index < -0.39 is 11.9 Å². The van der Waals surface area contributed by atoms with E-state index in [9.17, 15) is 9.59 Å². The van der Waals surface area contributed by atoms with Gasteiger partial charge in [-0.25, -0.2) is 0 Å². The summed E-state index contributed by atoms with van der Waals surface area (Å²) in [5.74, 6) is -1.59. The van der Waals surface area contributed by atoms with E-state index in [1.165, 1.54) is 6.08 Å². The highest BCUT2D eigenvalue weighted by Gasteiger charge is 2.13. The zero-order valence-electron chi connectivity index (χ0n) is 9.09. The van der Waals surface area contributed by atoms with E-state index in [4.69, 9.17) is 5.11 Å². The third-order valence-corrected chi connectivity index (χ3v) is 2.21. The quantitative estimate of drug-likeness (QED) is 0.772. The number of hydrogen-bond acceptors (Lipinski definition) is 2. The van der Waals surface area contributed by atoms with Gasteiger partial charge in [0.15, 0.2) is 5.78 Å². The van der Waals surface area contributed by atoms with Crippen molar-refractivity contribution in [3.8, 4) is 0 Å². The Balaban J connectivity index is 2.57. The third kappa shape index (κ3) is 4.09. The normalized spacial score (nSPS) is 12.6. The van der Waals surface area contributed by atoms with Crippen molar-refractivity contribution >= 4 is 17.8 Å². The van der Waals surface area contributed by atoms with Crippen LogP contribution in [0, 0.1) is 5.92 Å². The molecule has 1 N–H and O–H groups in total. The van der Waals surface area contributed by atoms with Crippen LogP contribution in [0.2, 0.25) is 0 Å². The second-order valence-corrected chi connectivity index (χ2v) is 3.65. The highest BCUT2D eigenvalue weighted by Crippen LogP contribution is 2.07. The fraction of sp³-hybridized carbons (Fsp3) is 0.231. The molecule has 1 aromatic rings. The predicted octanol–water partition coefficient (Wildman–Crippen LogP) is 2.38. The summed E-state index contributed by atoms with van der Waals surface area (Å²) in [6, 6.07) is 9.42. The lowest BCUT2D eigenvalue weighted by Crippen LogP contribution is -2.12. The van der Waals surface area contributed by atoms with E-state index in [0.29, 0.717) is 0 Å². The fourth-order valence-corrected chi connectivity index (χ4v) is 1.27. The highest BCUT2D eigenvalue weighted by molar-refractivity contribution is 5.96. The lowest BCUT2D eigenvalue weighted by Gasteiger charge is -2.02. The Kier molecular flexibility index (Phi) is 4.45. The van der Waals surface area contributed by atoms with Crippen LogP contribution in [0.5, 0.6) is 0 Å². The molecule has 1 unspecified atom stereocenters. The molecule has 0 bridgehead atoms. The summed E-state index contributed by atoms with van der Waals surface area (Å²) in [5.41, 5.74) is 0.929. The predicted molar refractivity (Wildman–Crippen MR) is 61.9 cm³/mol. The molecule has 0 aliphatic carbocycles. The van der Waals surface area contributed by atoms with Crippen LogP contribution >= 0.6 is 0 Å². The molecule has 0 amide bonds. The number of carboxylic acid groups (broad SMARTS) is 1. The number of aliphatic carboxylic acids is 1. The van der Waals surface area contributed by atoms with E-state index in [2.05, 4.69) is 0 Å². The molecule has 16 heavy (non-hydrogen) atoms. The topological polar surface area (TPSA) is 54.4 Å². The standard InChI is InChI=1S/C13H14O3/c1-10(9-13(15)16)12(14)8-7-11-5-3-2-4-6-11/h2-8,10H,9H2,1H3,(H,15,16)/b8-7+. The average molecular weight is 218 g/mol. The second kappa shape index (κ2) is 5.85. The molecule has 1 rings (SSSR count). The number of carbonyl (C=O) groups is 2. The molecule has 0 aliphatic rings. The summed E-state index contributed by atoms with van der Waals surface area (Å²) in [5, 5.41) is 8.54. The zero-order valence-corrected chi connectivity index (χ0v) is 9.09. The first-order valence-corrected chi connectivity index (χ1v) is 5.08. The van der Waals surface area contributed by atoms with Crippen molar-refractivity contribution in [2.75, 3.05) is 0 Å². The zero-order chi connectivity index (χ0) is 12.0. The van der Waals surface area contributed by atoms with Crippen LogP contribution in [0.3, 0.4) is 0 Å². The van der Waals surface area contributed by atoms with Crippen molar-refractivity contribution in [3.63, 3.8) is 0 Å². The number of allylic oxidation sites excluding steroid dienone is 1. The summed E-state index contributed by atoms with van der Waals surface area (Å²) >= 11 is 0. The van der Waals surface area contributed by atoms with Gasteiger partial charge in [-0.05, 0) is 11.6 Å². The Morgan fingerprint density at radius 2 is 1.94 bits per heavy atom. The van der Waals surface area contributed by atoms with Crippen molar-refractivity contribution < 1.29 is 14.7 Å². The van der Waals surface area contributed by atoms with Gasteiger partial charge in [-0.3, -0.25) is 9.59 Å². The number of ketones is 1. The smallest absolute Gasteiger partial charge is 0.304 e. The molecule has 0 aromatic heterocycles.